The fourth-order valence-corrected chi connectivity index (χ4v) is 1.70. The van der Waals surface area contributed by atoms with Crippen LogP contribution in [0, 0.1) is 0 Å². The number of amides is 1. The van der Waals surface area contributed by atoms with Crippen LogP contribution in [-0.2, 0) is 16.1 Å². The number of ketones is 1. The minimum Gasteiger partial charge on any atom is -0.501 e. The van der Waals surface area contributed by atoms with Gasteiger partial charge in [0.1, 0.15) is 0 Å². The van der Waals surface area contributed by atoms with Crippen LogP contribution in [-0.4, -0.2) is 24.1 Å². The fraction of sp³-hybridized carbons (Fsp3) is 0.333. The molecule has 0 bridgehead atoms. The van der Waals surface area contributed by atoms with Crippen LogP contribution in [0.4, 0.5) is 4.79 Å². The maximum atomic E-state index is 10.7. The Bertz CT molecular complexity index is 468. The first-order valence-electron chi connectivity index (χ1n) is 6.40. The number of nitrogens with one attached hydrogen (secondary N) is 1. The molecule has 5 nitrogen and oxygen atoms in total. The Morgan fingerprint density at radius 2 is 2.00 bits per heavy atom. The van der Waals surface area contributed by atoms with Gasteiger partial charge in [0.05, 0.1) is 12.9 Å². The first-order valence-corrected chi connectivity index (χ1v) is 6.40. The highest BCUT2D eigenvalue weighted by atomic mass is 16.5. The number of ether oxygens (including phenoxy) is 1. The second kappa shape index (κ2) is 8.74. The number of carbonyl (C=O) groups excluding carboxylic acids is 1. The van der Waals surface area contributed by atoms with Gasteiger partial charge in [0.2, 0.25) is 0 Å². The molecule has 0 atom stereocenters. The summed E-state index contributed by atoms with van der Waals surface area (Å²) in [6.07, 6.45) is 3.14. The highest BCUT2D eigenvalue weighted by Gasteiger charge is 2.08. The van der Waals surface area contributed by atoms with E-state index >= 15 is 0 Å². The van der Waals surface area contributed by atoms with Crippen molar-refractivity contribution in [1.82, 2.24) is 5.32 Å². The lowest BCUT2D eigenvalue weighted by atomic mass is 10.1. The lowest BCUT2D eigenvalue weighted by Crippen LogP contribution is -2.19. The zero-order chi connectivity index (χ0) is 14.8. The van der Waals surface area contributed by atoms with E-state index in [0.717, 1.165) is 24.2 Å². The average Bonchev–Trinajstić information content (AvgIpc) is 2.47. The number of hydrogen-bond donors (Lipinski definition) is 2. The van der Waals surface area contributed by atoms with Crippen LogP contribution in [0.1, 0.15) is 24.8 Å². The smallest absolute Gasteiger partial charge is 0.404 e. The van der Waals surface area contributed by atoms with E-state index < -0.39 is 6.09 Å². The maximum absolute atomic E-state index is 10.7. The summed E-state index contributed by atoms with van der Waals surface area (Å²) in [6.45, 7) is 0.371. The highest BCUT2D eigenvalue weighted by Crippen LogP contribution is 2.14. The largest absolute Gasteiger partial charge is 0.501 e. The van der Waals surface area contributed by atoms with Gasteiger partial charge in [0.25, 0.3) is 0 Å². The topological polar surface area (TPSA) is 75.6 Å². The van der Waals surface area contributed by atoms with E-state index in [1.54, 1.807) is 13.2 Å². The molecule has 1 amide bonds. The third kappa shape index (κ3) is 6.58. The van der Waals surface area contributed by atoms with Crippen LogP contribution in [0.5, 0.6) is 0 Å². The van der Waals surface area contributed by atoms with Crippen LogP contribution >= 0.6 is 0 Å². The molecule has 2 N–H and O–H groups in total. The standard InChI is InChI=1S/C8H9NO2.C7H10O2/c10-8(11)9-6-7-4-2-1-3-5-7;1-9-7-4-2-3-6(8)5-7/h1-5,9H,6H2,(H,10,11);5H,2-4H2,1H3. The summed E-state index contributed by atoms with van der Waals surface area (Å²) in [6, 6.07) is 9.38. The Morgan fingerprint density at radius 1 is 1.30 bits per heavy atom. The molecule has 108 valence electrons. The van der Waals surface area contributed by atoms with Gasteiger partial charge in [0.15, 0.2) is 5.78 Å². The van der Waals surface area contributed by atoms with Crippen LogP contribution in [0.2, 0.25) is 0 Å². The molecule has 1 aromatic rings. The molecule has 0 heterocycles. The third-order valence-electron chi connectivity index (χ3n) is 2.72. The van der Waals surface area contributed by atoms with Gasteiger partial charge in [-0.3, -0.25) is 4.79 Å². The first kappa shape index (κ1) is 15.8. The summed E-state index contributed by atoms with van der Waals surface area (Å²) >= 11 is 0. The Labute approximate surface area is 118 Å². The average molecular weight is 277 g/mol. The van der Waals surface area contributed by atoms with Crippen LogP contribution in [0.25, 0.3) is 0 Å². The SMILES string of the molecule is COC1=CC(=O)CCC1.O=C(O)NCc1ccccc1. The van der Waals surface area contributed by atoms with E-state index in [4.69, 9.17) is 9.84 Å². The van der Waals surface area contributed by atoms with E-state index in [9.17, 15) is 9.59 Å². The Balaban J connectivity index is 0.000000204. The molecule has 0 saturated carbocycles. The molecule has 20 heavy (non-hydrogen) atoms. The predicted molar refractivity (Wildman–Crippen MR) is 75.3 cm³/mol. The van der Waals surface area contributed by atoms with Crippen LogP contribution in [0.15, 0.2) is 42.2 Å². The number of rotatable bonds is 3. The highest BCUT2D eigenvalue weighted by molar-refractivity contribution is 5.90. The number of hydrogen-bond acceptors (Lipinski definition) is 3. The molecule has 0 spiro atoms. The number of carboxylic acid groups (broad SMARTS) is 1. The van der Waals surface area contributed by atoms with Crippen molar-refractivity contribution in [3.8, 4) is 0 Å². The summed E-state index contributed by atoms with van der Waals surface area (Å²) in [7, 11) is 1.60. The summed E-state index contributed by atoms with van der Waals surface area (Å²) in [5.41, 5.74) is 0.968. The van der Waals surface area contributed by atoms with Crippen LogP contribution in [0.3, 0.4) is 0 Å². The number of benzene rings is 1. The molecule has 0 unspecified atom stereocenters. The van der Waals surface area contributed by atoms with Gasteiger partial charge in [-0.25, -0.2) is 4.79 Å². The third-order valence-corrected chi connectivity index (χ3v) is 2.72. The van der Waals surface area contributed by atoms with Gasteiger partial charge in [-0.15, -0.1) is 0 Å². The number of allylic oxidation sites excluding steroid dienone is 2. The Hall–Kier alpha value is -2.30. The molecular formula is C15H19NO4. The minimum absolute atomic E-state index is 0.193. The number of methoxy groups -OCH3 is 1. The van der Waals surface area contributed by atoms with Gasteiger partial charge in [0, 0.05) is 25.5 Å². The summed E-state index contributed by atoms with van der Waals surface area (Å²) in [5, 5.41) is 10.5. The molecule has 0 aliphatic heterocycles. The van der Waals surface area contributed by atoms with Crippen molar-refractivity contribution in [3.63, 3.8) is 0 Å². The molecule has 5 heteroatoms. The molecular weight excluding hydrogens is 258 g/mol. The zero-order valence-corrected chi connectivity index (χ0v) is 11.5. The second-order valence-electron chi connectivity index (χ2n) is 4.28. The predicted octanol–water partition coefficient (Wildman–Crippen LogP) is 2.72. The van der Waals surface area contributed by atoms with Gasteiger partial charge in [-0.1, -0.05) is 30.3 Å². The van der Waals surface area contributed by atoms with Crippen molar-refractivity contribution < 1.29 is 19.4 Å². The van der Waals surface area contributed by atoms with E-state index in [1.165, 1.54) is 0 Å². The number of carbonyl (C=O) groups is 2. The van der Waals surface area contributed by atoms with E-state index in [2.05, 4.69) is 5.32 Å². The van der Waals surface area contributed by atoms with Crippen molar-refractivity contribution in [1.29, 1.82) is 0 Å². The zero-order valence-electron chi connectivity index (χ0n) is 11.5. The summed E-state index contributed by atoms with van der Waals surface area (Å²) in [5.74, 6) is 1.02. The normalized spacial score (nSPS) is 13.7. The van der Waals surface area contributed by atoms with E-state index in [0.29, 0.717) is 13.0 Å². The molecule has 0 fully saturated rings. The molecule has 1 aliphatic rings. The Morgan fingerprint density at radius 3 is 2.50 bits per heavy atom. The van der Waals surface area contributed by atoms with Crippen molar-refractivity contribution >= 4 is 11.9 Å². The van der Waals surface area contributed by atoms with Gasteiger partial charge >= 0.3 is 6.09 Å². The summed E-state index contributed by atoms with van der Waals surface area (Å²) < 4.78 is 4.90. The molecule has 0 radical (unpaired) electrons. The quantitative estimate of drug-likeness (QED) is 0.890. The monoisotopic (exact) mass is 277 g/mol. The maximum Gasteiger partial charge on any atom is 0.404 e. The second-order valence-corrected chi connectivity index (χ2v) is 4.28. The molecule has 1 aromatic carbocycles. The molecule has 0 saturated heterocycles. The van der Waals surface area contributed by atoms with Crippen molar-refractivity contribution in [2.24, 2.45) is 0 Å². The van der Waals surface area contributed by atoms with Crippen molar-refractivity contribution in [2.75, 3.05) is 7.11 Å². The lowest BCUT2D eigenvalue weighted by Gasteiger charge is -2.08. The van der Waals surface area contributed by atoms with Crippen molar-refractivity contribution in [3.05, 3.63) is 47.7 Å². The van der Waals surface area contributed by atoms with Gasteiger partial charge in [-0.2, -0.15) is 0 Å². The molecule has 0 aromatic heterocycles. The Kier molecular flexibility index (Phi) is 6.89. The van der Waals surface area contributed by atoms with Gasteiger partial charge in [-0.05, 0) is 12.0 Å². The van der Waals surface area contributed by atoms with E-state index in [-0.39, 0.29) is 5.78 Å². The first-order chi connectivity index (χ1) is 9.61. The van der Waals surface area contributed by atoms with E-state index in [1.807, 2.05) is 30.3 Å². The van der Waals surface area contributed by atoms with Gasteiger partial charge < -0.3 is 15.2 Å². The molecule has 2 rings (SSSR count). The summed E-state index contributed by atoms with van der Waals surface area (Å²) in [4.78, 5) is 20.7. The fourth-order valence-electron chi connectivity index (χ4n) is 1.70. The molecule has 1 aliphatic carbocycles. The van der Waals surface area contributed by atoms with Crippen molar-refractivity contribution in [2.45, 2.75) is 25.8 Å². The van der Waals surface area contributed by atoms with Crippen LogP contribution < -0.4 is 5.32 Å². The minimum atomic E-state index is -0.992. The lowest BCUT2D eigenvalue weighted by molar-refractivity contribution is -0.115.